The van der Waals surface area contributed by atoms with Crippen molar-refractivity contribution in [3.63, 3.8) is 0 Å². The number of aromatic nitrogens is 2. The normalized spacial score (nSPS) is 12.6. The molecule has 1 unspecified atom stereocenters. The van der Waals surface area contributed by atoms with Crippen LogP contribution in [0.5, 0.6) is 0 Å². The smallest absolute Gasteiger partial charge is 0.226 e. The number of hydrogen-bond acceptors (Lipinski definition) is 4. The number of nitrogens with zero attached hydrogens (tertiary/aromatic N) is 3. The molecular weight excluding hydrogens is 198 g/mol. The van der Waals surface area contributed by atoms with E-state index in [1.54, 1.807) is 6.26 Å². The summed E-state index contributed by atoms with van der Waals surface area (Å²) in [4.78, 5) is 10.4. The molecule has 0 aromatic carbocycles. The molecule has 4 nitrogen and oxygen atoms in total. The Labute approximate surface area is 86.8 Å². The molecule has 0 saturated carbocycles. The number of aryl methyl sites for hydroxylation is 1. The van der Waals surface area contributed by atoms with E-state index in [-0.39, 0.29) is 0 Å². The van der Waals surface area contributed by atoms with Gasteiger partial charge in [-0.25, -0.2) is 9.97 Å². The van der Waals surface area contributed by atoms with Crippen LogP contribution in [0.3, 0.4) is 0 Å². The quantitative estimate of drug-likeness (QED) is 0.685. The first-order chi connectivity index (χ1) is 6.43. The monoisotopic (exact) mass is 213 g/mol. The van der Waals surface area contributed by atoms with Crippen LogP contribution in [0.15, 0.2) is 5.03 Å². The van der Waals surface area contributed by atoms with Gasteiger partial charge in [0.05, 0.1) is 10.8 Å². The highest BCUT2D eigenvalue weighted by atomic mass is 32.2. The van der Waals surface area contributed by atoms with E-state index >= 15 is 0 Å². The Hall–Kier alpha value is -0.970. The topological polar surface area (TPSA) is 46.1 Å². The molecule has 0 radical (unpaired) electrons. The first-order valence-electron chi connectivity index (χ1n) is 4.29. The van der Waals surface area contributed by atoms with Gasteiger partial charge in [0.15, 0.2) is 0 Å². The predicted octanol–water partition coefficient (Wildman–Crippen LogP) is 0.897. The lowest BCUT2D eigenvalue weighted by Gasteiger charge is -2.13. The molecule has 0 saturated heterocycles. The zero-order valence-corrected chi connectivity index (χ0v) is 9.97. The van der Waals surface area contributed by atoms with Crippen molar-refractivity contribution in [2.75, 3.05) is 25.3 Å². The molecule has 0 bridgehead atoms. The molecule has 1 atom stereocenters. The lowest BCUT2D eigenvalue weighted by Crippen LogP contribution is -2.15. The van der Waals surface area contributed by atoms with Gasteiger partial charge in [-0.1, -0.05) is 0 Å². The summed E-state index contributed by atoms with van der Waals surface area (Å²) in [7, 11) is 2.68. The zero-order chi connectivity index (χ0) is 10.9. The summed E-state index contributed by atoms with van der Waals surface area (Å²) in [6.07, 6.45) is 1.63. The molecule has 1 heterocycles. The van der Waals surface area contributed by atoms with Crippen molar-refractivity contribution >= 4 is 16.7 Å². The van der Waals surface area contributed by atoms with E-state index in [4.69, 9.17) is 0 Å². The van der Waals surface area contributed by atoms with E-state index in [0.29, 0.717) is 11.0 Å². The summed E-state index contributed by atoms with van der Waals surface area (Å²) in [6.45, 7) is 3.80. The number of anilines is 1. The summed E-state index contributed by atoms with van der Waals surface area (Å²) in [5.41, 5.74) is 1.80. The standard InChI is InChI=1S/C9H15N3OS/c1-6-7(2)10-9(12(3)4)11-8(6)14(5)13/h1-5H3. The molecular formula is C9H15N3OS. The summed E-state index contributed by atoms with van der Waals surface area (Å²) >= 11 is 0. The number of rotatable bonds is 2. The number of hydrogen-bond donors (Lipinski definition) is 0. The van der Waals surface area contributed by atoms with E-state index in [0.717, 1.165) is 11.3 Å². The van der Waals surface area contributed by atoms with Gasteiger partial charge < -0.3 is 4.90 Å². The van der Waals surface area contributed by atoms with E-state index in [1.807, 2.05) is 32.8 Å². The third-order valence-electron chi connectivity index (χ3n) is 2.01. The second-order valence-electron chi connectivity index (χ2n) is 3.39. The van der Waals surface area contributed by atoms with Crippen molar-refractivity contribution in [3.8, 4) is 0 Å². The highest BCUT2D eigenvalue weighted by Crippen LogP contribution is 2.15. The van der Waals surface area contributed by atoms with E-state index in [9.17, 15) is 4.21 Å². The van der Waals surface area contributed by atoms with Crippen molar-refractivity contribution in [1.29, 1.82) is 0 Å². The van der Waals surface area contributed by atoms with Gasteiger partial charge in [0.2, 0.25) is 5.95 Å². The van der Waals surface area contributed by atoms with Gasteiger partial charge in [-0.2, -0.15) is 0 Å². The summed E-state index contributed by atoms with van der Waals surface area (Å²) in [5, 5.41) is 0.626. The Morgan fingerprint density at radius 1 is 1.21 bits per heavy atom. The zero-order valence-electron chi connectivity index (χ0n) is 9.16. The minimum absolute atomic E-state index is 0.610. The van der Waals surface area contributed by atoms with Crippen molar-refractivity contribution in [3.05, 3.63) is 11.3 Å². The summed E-state index contributed by atoms with van der Waals surface area (Å²) in [6, 6.07) is 0. The fourth-order valence-electron chi connectivity index (χ4n) is 1.07. The van der Waals surface area contributed by atoms with Crippen LogP contribution >= 0.6 is 0 Å². The van der Waals surface area contributed by atoms with E-state index in [2.05, 4.69) is 9.97 Å². The molecule has 14 heavy (non-hydrogen) atoms. The second-order valence-corrected chi connectivity index (χ2v) is 4.68. The maximum absolute atomic E-state index is 11.4. The van der Waals surface area contributed by atoms with Crippen molar-refractivity contribution in [1.82, 2.24) is 9.97 Å². The Balaban J connectivity index is 3.35. The highest BCUT2D eigenvalue weighted by Gasteiger charge is 2.11. The van der Waals surface area contributed by atoms with Crippen LogP contribution < -0.4 is 4.90 Å². The van der Waals surface area contributed by atoms with Crippen molar-refractivity contribution < 1.29 is 4.21 Å². The molecule has 0 amide bonds. The summed E-state index contributed by atoms with van der Waals surface area (Å²) in [5.74, 6) is 0.610. The average Bonchev–Trinajstić information content (AvgIpc) is 2.08. The minimum Gasteiger partial charge on any atom is -0.347 e. The summed E-state index contributed by atoms with van der Waals surface area (Å²) < 4.78 is 11.4. The largest absolute Gasteiger partial charge is 0.347 e. The van der Waals surface area contributed by atoms with Crippen LogP contribution in [-0.4, -0.2) is 34.5 Å². The molecule has 5 heteroatoms. The second kappa shape index (κ2) is 4.04. The molecule has 1 rings (SSSR count). The Morgan fingerprint density at radius 3 is 2.21 bits per heavy atom. The molecule has 1 aromatic heterocycles. The van der Waals surface area contributed by atoms with Gasteiger partial charge in [0.25, 0.3) is 0 Å². The third-order valence-corrected chi connectivity index (χ3v) is 2.95. The van der Waals surface area contributed by atoms with Crippen LogP contribution in [-0.2, 0) is 10.8 Å². The first-order valence-corrected chi connectivity index (χ1v) is 5.85. The van der Waals surface area contributed by atoms with Crippen LogP contribution in [0.2, 0.25) is 0 Å². The molecule has 0 fully saturated rings. The van der Waals surface area contributed by atoms with Gasteiger partial charge in [-0.3, -0.25) is 4.21 Å². The highest BCUT2D eigenvalue weighted by molar-refractivity contribution is 7.84. The third kappa shape index (κ3) is 2.09. The molecule has 0 spiro atoms. The van der Waals surface area contributed by atoms with Crippen LogP contribution in [0.4, 0.5) is 5.95 Å². The predicted molar refractivity (Wildman–Crippen MR) is 58.2 cm³/mol. The average molecular weight is 213 g/mol. The SMILES string of the molecule is Cc1nc(N(C)C)nc(S(C)=O)c1C. The Morgan fingerprint density at radius 2 is 1.79 bits per heavy atom. The molecule has 78 valence electrons. The van der Waals surface area contributed by atoms with Crippen molar-refractivity contribution in [2.24, 2.45) is 0 Å². The molecule has 0 aliphatic rings. The maximum Gasteiger partial charge on any atom is 0.226 e. The van der Waals surface area contributed by atoms with Gasteiger partial charge >= 0.3 is 0 Å². The van der Waals surface area contributed by atoms with Gasteiger partial charge in [0.1, 0.15) is 5.03 Å². The van der Waals surface area contributed by atoms with Gasteiger partial charge in [-0.05, 0) is 13.8 Å². The van der Waals surface area contributed by atoms with E-state index < -0.39 is 10.8 Å². The van der Waals surface area contributed by atoms with Crippen LogP contribution in [0, 0.1) is 13.8 Å². The van der Waals surface area contributed by atoms with Gasteiger partial charge in [-0.15, -0.1) is 0 Å². The lowest BCUT2D eigenvalue weighted by atomic mass is 10.3. The fourth-order valence-corrected chi connectivity index (χ4v) is 1.86. The Kier molecular flexibility index (Phi) is 3.21. The van der Waals surface area contributed by atoms with E-state index in [1.165, 1.54) is 0 Å². The molecule has 0 aliphatic heterocycles. The minimum atomic E-state index is -1.06. The fraction of sp³-hybridized carbons (Fsp3) is 0.556. The maximum atomic E-state index is 11.4. The molecule has 0 N–H and O–H groups in total. The molecule has 1 aromatic rings. The molecule has 0 aliphatic carbocycles. The van der Waals surface area contributed by atoms with Crippen molar-refractivity contribution in [2.45, 2.75) is 18.9 Å². The van der Waals surface area contributed by atoms with Gasteiger partial charge in [0, 0.05) is 31.6 Å². The van der Waals surface area contributed by atoms with Crippen LogP contribution in [0.1, 0.15) is 11.3 Å². The lowest BCUT2D eigenvalue weighted by molar-refractivity contribution is 0.682. The Bertz CT molecular complexity index is 377. The first kappa shape index (κ1) is 11.1. The van der Waals surface area contributed by atoms with Crippen LogP contribution in [0.25, 0.3) is 0 Å².